The average molecular weight is 183 g/mol. The van der Waals surface area contributed by atoms with Crippen LogP contribution >= 0.6 is 0 Å². The van der Waals surface area contributed by atoms with E-state index in [1.807, 2.05) is 0 Å². The summed E-state index contributed by atoms with van der Waals surface area (Å²) in [5, 5.41) is 8.62. The van der Waals surface area contributed by atoms with Crippen LogP contribution in [-0.4, -0.2) is 23.2 Å². The lowest BCUT2D eigenvalue weighted by Gasteiger charge is -2.06. The lowest BCUT2D eigenvalue weighted by atomic mass is 10.3. The van der Waals surface area contributed by atoms with Gasteiger partial charge >= 0.3 is 5.97 Å². The minimum Gasteiger partial charge on any atom is -0.493 e. The topological polar surface area (TPSA) is 97.5 Å². The number of rotatable bonds is 3. The van der Waals surface area contributed by atoms with Gasteiger partial charge in [-0.1, -0.05) is 0 Å². The second-order valence-corrected chi connectivity index (χ2v) is 2.22. The van der Waals surface area contributed by atoms with Crippen molar-refractivity contribution in [1.82, 2.24) is 4.98 Å². The highest BCUT2D eigenvalue weighted by Gasteiger charge is 2.08. The van der Waals surface area contributed by atoms with Crippen LogP contribution in [-0.2, 0) is 0 Å². The van der Waals surface area contributed by atoms with Crippen molar-refractivity contribution in [2.45, 2.75) is 0 Å². The standard InChI is InChI=1S/C7H9N3O3/c1-13-5-2-4(7(11)12)3-9-6(5)10-8/h2-3H,8H2,1H3,(H,9,10)(H,11,12). The zero-order chi connectivity index (χ0) is 9.84. The Morgan fingerprint density at radius 3 is 2.92 bits per heavy atom. The summed E-state index contributed by atoms with van der Waals surface area (Å²) in [6.07, 6.45) is 1.19. The van der Waals surface area contributed by atoms with E-state index in [1.165, 1.54) is 19.4 Å². The fourth-order valence-electron chi connectivity index (χ4n) is 0.826. The third-order valence-corrected chi connectivity index (χ3v) is 1.46. The Labute approximate surface area is 74.3 Å². The number of carboxylic acids is 1. The second kappa shape index (κ2) is 3.72. The average Bonchev–Trinajstić information content (AvgIpc) is 2.16. The highest BCUT2D eigenvalue weighted by atomic mass is 16.5. The van der Waals surface area contributed by atoms with Gasteiger partial charge in [0, 0.05) is 12.3 Å². The molecule has 0 bridgehead atoms. The van der Waals surface area contributed by atoms with E-state index < -0.39 is 5.97 Å². The normalized spacial score (nSPS) is 9.38. The SMILES string of the molecule is COc1cc(C(=O)O)cnc1NN. The molecule has 70 valence electrons. The fourth-order valence-corrected chi connectivity index (χ4v) is 0.826. The number of hydrogen-bond donors (Lipinski definition) is 3. The first kappa shape index (κ1) is 9.27. The molecule has 6 nitrogen and oxygen atoms in total. The van der Waals surface area contributed by atoms with E-state index in [2.05, 4.69) is 10.4 Å². The summed E-state index contributed by atoms with van der Waals surface area (Å²) in [7, 11) is 1.41. The van der Waals surface area contributed by atoms with Crippen molar-refractivity contribution in [3.8, 4) is 5.75 Å². The lowest BCUT2D eigenvalue weighted by molar-refractivity contribution is 0.0696. The van der Waals surface area contributed by atoms with Crippen LogP contribution in [0.4, 0.5) is 5.82 Å². The number of nitrogens with zero attached hydrogens (tertiary/aromatic N) is 1. The first-order valence-corrected chi connectivity index (χ1v) is 3.43. The van der Waals surface area contributed by atoms with E-state index in [0.717, 1.165) is 0 Å². The molecule has 0 saturated carbocycles. The number of carbonyl (C=O) groups is 1. The van der Waals surface area contributed by atoms with Gasteiger partial charge in [0.15, 0.2) is 11.6 Å². The molecule has 0 amide bonds. The molecule has 0 aliphatic rings. The van der Waals surface area contributed by atoms with E-state index in [0.29, 0.717) is 11.6 Å². The molecule has 6 heteroatoms. The Bertz CT molecular complexity index is 327. The number of anilines is 1. The fraction of sp³-hybridized carbons (Fsp3) is 0.143. The van der Waals surface area contributed by atoms with Gasteiger partial charge in [0.25, 0.3) is 0 Å². The summed E-state index contributed by atoms with van der Waals surface area (Å²) >= 11 is 0. The Balaban J connectivity index is 3.13. The van der Waals surface area contributed by atoms with Crippen molar-refractivity contribution in [2.75, 3.05) is 12.5 Å². The van der Waals surface area contributed by atoms with Crippen LogP contribution in [0.25, 0.3) is 0 Å². The molecular weight excluding hydrogens is 174 g/mol. The van der Waals surface area contributed by atoms with Crippen LogP contribution in [0.1, 0.15) is 10.4 Å². The zero-order valence-corrected chi connectivity index (χ0v) is 6.94. The molecule has 0 atom stereocenters. The first-order chi connectivity index (χ1) is 6.19. The highest BCUT2D eigenvalue weighted by Crippen LogP contribution is 2.21. The van der Waals surface area contributed by atoms with Crippen LogP contribution in [0.3, 0.4) is 0 Å². The molecule has 0 unspecified atom stereocenters. The number of carboxylic acid groups (broad SMARTS) is 1. The molecule has 13 heavy (non-hydrogen) atoms. The van der Waals surface area contributed by atoms with Crippen LogP contribution in [0.2, 0.25) is 0 Å². The number of nitrogen functional groups attached to an aromatic ring is 1. The molecule has 0 fully saturated rings. The molecule has 0 aliphatic heterocycles. The third kappa shape index (κ3) is 1.85. The van der Waals surface area contributed by atoms with Crippen molar-refractivity contribution in [3.63, 3.8) is 0 Å². The summed E-state index contributed by atoms with van der Waals surface area (Å²) < 4.78 is 4.86. The zero-order valence-electron chi connectivity index (χ0n) is 6.94. The van der Waals surface area contributed by atoms with Crippen molar-refractivity contribution < 1.29 is 14.6 Å². The van der Waals surface area contributed by atoms with Gasteiger partial charge in [-0.15, -0.1) is 0 Å². The van der Waals surface area contributed by atoms with Crippen LogP contribution in [0.15, 0.2) is 12.3 Å². The Morgan fingerprint density at radius 1 is 1.77 bits per heavy atom. The molecule has 0 aromatic carbocycles. The van der Waals surface area contributed by atoms with E-state index in [9.17, 15) is 4.79 Å². The van der Waals surface area contributed by atoms with Crippen molar-refractivity contribution in [1.29, 1.82) is 0 Å². The van der Waals surface area contributed by atoms with E-state index >= 15 is 0 Å². The van der Waals surface area contributed by atoms with Gasteiger partial charge in [0.2, 0.25) is 0 Å². The minimum atomic E-state index is -1.06. The number of nitrogens with one attached hydrogen (secondary N) is 1. The minimum absolute atomic E-state index is 0.0517. The molecule has 1 aromatic rings. The summed E-state index contributed by atoms with van der Waals surface area (Å²) in [6, 6.07) is 1.34. The number of methoxy groups -OCH3 is 1. The predicted octanol–water partition coefficient (Wildman–Crippen LogP) is 0.0740. The van der Waals surface area contributed by atoms with Gasteiger partial charge in [-0.25, -0.2) is 15.6 Å². The monoisotopic (exact) mass is 183 g/mol. The second-order valence-electron chi connectivity index (χ2n) is 2.22. The Morgan fingerprint density at radius 2 is 2.46 bits per heavy atom. The van der Waals surface area contributed by atoms with Gasteiger partial charge in [-0.05, 0) is 0 Å². The summed E-state index contributed by atoms with van der Waals surface area (Å²) in [6.45, 7) is 0. The van der Waals surface area contributed by atoms with Crippen LogP contribution in [0.5, 0.6) is 5.75 Å². The summed E-state index contributed by atoms with van der Waals surface area (Å²) in [5.74, 6) is 4.64. The van der Waals surface area contributed by atoms with E-state index in [-0.39, 0.29) is 5.56 Å². The molecule has 0 radical (unpaired) electrons. The lowest BCUT2D eigenvalue weighted by Crippen LogP contribution is -2.11. The molecule has 1 rings (SSSR count). The largest absolute Gasteiger partial charge is 0.493 e. The smallest absolute Gasteiger partial charge is 0.337 e. The van der Waals surface area contributed by atoms with Crippen LogP contribution < -0.4 is 16.0 Å². The molecule has 1 aromatic heterocycles. The Kier molecular flexibility index (Phi) is 2.65. The van der Waals surface area contributed by atoms with Crippen molar-refractivity contribution >= 4 is 11.8 Å². The van der Waals surface area contributed by atoms with Crippen molar-refractivity contribution in [2.24, 2.45) is 5.84 Å². The number of hydrazine groups is 1. The molecule has 0 aliphatic carbocycles. The predicted molar refractivity (Wildman–Crippen MR) is 45.6 cm³/mol. The van der Waals surface area contributed by atoms with Crippen molar-refractivity contribution in [3.05, 3.63) is 17.8 Å². The quantitative estimate of drug-likeness (QED) is 0.453. The first-order valence-electron chi connectivity index (χ1n) is 3.43. The van der Waals surface area contributed by atoms with Gasteiger partial charge in [0.05, 0.1) is 12.7 Å². The number of aromatic nitrogens is 1. The maximum absolute atomic E-state index is 10.5. The van der Waals surface area contributed by atoms with E-state index in [1.54, 1.807) is 0 Å². The third-order valence-electron chi connectivity index (χ3n) is 1.46. The Hall–Kier alpha value is -1.82. The number of nitrogens with two attached hydrogens (primary N) is 1. The number of aromatic carboxylic acids is 1. The maximum Gasteiger partial charge on any atom is 0.337 e. The van der Waals surface area contributed by atoms with Gasteiger partial charge < -0.3 is 15.3 Å². The summed E-state index contributed by atoms with van der Waals surface area (Å²) in [5.41, 5.74) is 2.34. The molecular formula is C7H9N3O3. The number of pyridine rings is 1. The van der Waals surface area contributed by atoms with Crippen LogP contribution in [0, 0.1) is 0 Å². The van der Waals surface area contributed by atoms with Gasteiger partial charge in [0.1, 0.15) is 0 Å². The summed E-state index contributed by atoms with van der Waals surface area (Å²) in [4.78, 5) is 14.3. The van der Waals surface area contributed by atoms with E-state index in [4.69, 9.17) is 15.7 Å². The number of hydrogen-bond acceptors (Lipinski definition) is 5. The maximum atomic E-state index is 10.5. The molecule has 1 heterocycles. The molecule has 0 saturated heterocycles. The highest BCUT2D eigenvalue weighted by molar-refractivity contribution is 5.88. The molecule has 0 spiro atoms. The molecule has 4 N–H and O–H groups in total. The van der Waals surface area contributed by atoms with Gasteiger partial charge in [-0.3, -0.25) is 0 Å². The van der Waals surface area contributed by atoms with Gasteiger partial charge in [-0.2, -0.15) is 0 Å². The number of ether oxygens (including phenoxy) is 1.